The van der Waals surface area contributed by atoms with Gasteiger partial charge in [-0.3, -0.25) is 4.79 Å². The predicted molar refractivity (Wildman–Crippen MR) is 225 cm³/mol. The number of para-hydroxylation sites is 5. The molecule has 1 amide bonds. The molecule has 3 aliphatic heterocycles. The van der Waals surface area contributed by atoms with E-state index in [1.807, 2.05) is 48.2 Å². The van der Waals surface area contributed by atoms with Crippen molar-refractivity contribution in [2.24, 2.45) is 15.2 Å². The van der Waals surface area contributed by atoms with Gasteiger partial charge in [-0.2, -0.15) is 19.2 Å². The van der Waals surface area contributed by atoms with Gasteiger partial charge >= 0.3 is 11.3 Å². The highest BCUT2D eigenvalue weighted by molar-refractivity contribution is 7.78. The number of hydrogen-bond acceptors (Lipinski definition) is 13. The van der Waals surface area contributed by atoms with Crippen molar-refractivity contribution in [1.82, 2.24) is 25.4 Å². The van der Waals surface area contributed by atoms with Crippen LogP contribution in [0.25, 0.3) is 0 Å². The first kappa shape index (κ1) is 44.0. The Morgan fingerprint density at radius 2 is 1.33 bits per heavy atom. The zero-order valence-corrected chi connectivity index (χ0v) is 33.8. The zero-order valence-electron chi connectivity index (χ0n) is 33.0. The van der Waals surface area contributed by atoms with Crippen molar-refractivity contribution in [3.8, 4) is 17.2 Å². The Morgan fingerprint density at radius 1 is 0.800 bits per heavy atom. The summed E-state index contributed by atoms with van der Waals surface area (Å²) in [4.78, 5) is 26.6. The third-order valence-corrected chi connectivity index (χ3v) is 9.14. The second-order valence-electron chi connectivity index (χ2n) is 12.0. The maximum atomic E-state index is 11.2. The van der Waals surface area contributed by atoms with Gasteiger partial charge in [-0.25, -0.2) is 10.4 Å². The SMILES string of the molecule is C/C=N\NS(=O)Oc1ccccc1.CC=NNC1=NCCN1.CCN1CCN(c2ccccc2OC)CC1.COc1ccccc1N1CCN(C(C)=O)CC1. The van der Waals surface area contributed by atoms with Crippen LogP contribution in [0, 0.1) is 0 Å². The number of benzene rings is 3. The number of rotatable bonds is 10. The molecule has 0 aliphatic carbocycles. The van der Waals surface area contributed by atoms with E-state index in [0.29, 0.717) is 5.75 Å². The smallest absolute Gasteiger partial charge is 0.332 e. The summed E-state index contributed by atoms with van der Waals surface area (Å²) in [6, 6.07) is 25.2. The maximum absolute atomic E-state index is 11.2. The van der Waals surface area contributed by atoms with E-state index in [4.69, 9.17) is 13.7 Å². The average molecular weight is 779 g/mol. The summed E-state index contributed by atoms with van der Waals surface area (Å²) in [6.07, 6.45) is 3.18. The molecule has 3 aromatic carbocycles. The minimum atomic E-state index is -1.62. The van der Waals surface area contributed by atoms with Crippen LogP contribution in [0.2, 0.25) is 0 Å². The van der Waals surface area contributed by atoms with Gasteiger partial charge in [0.1, 0.15) is 17.2 Å². The normalized spacial score (nSPS) is 15.9. The van der Waals surface area contributed by atoms with Gasteiger partial charge in [0.15, 0.2) is 0 Å². The van der Waals surface area contributed by atoms with Crippen molar-refractivity contribution in [3.63, 3.8) is 0 Å². The van der Waals surface area contributed by atoms with Gasteiger partial charge in [0.05, 0.1) is 32.1 Å². The van der Waals surface area contributed by atoms with Crippen LogP contribution in [-0.2, 0) is 16.1 Å². The molecule has 0 radical (unpaired) electrons. The predicted octanol–water partition coefficient (Wildman–Crippen LogP) is 3.98. The van der Waals surface area contributed by atoms with Crippen molar-refractivity contribution >= 4 is 46.9 Å². The van der Waals surface area contributed by atoms with Gasteiger partial charge in [-0.05, 0) is 56.8 Å². The van der Waals surface area contributed by atoms with Crippen LogP contribution in [-0.4, -0.2) is 125 Å². The summed E-state index contributed by atoms with van der Waals surface area (Å²) in [7, 11) is 3.42. The summed E-state index contributed by atoms with van der Waals surface area (Å²) < 4.78 is 26.7. The number of ether oxygens (including phenoxy) is 2. The molecule has 3 heterocycles. The fraction of sp³-hybridized carbons (Fsp3) is 0.436. The number of methoxy groups -OCH3 is 2. The molecule has 16 heteroatoms. The van der Waals surface area contributed by atoms with Gasteiger partial charge in [-0.15, -0.1) is 0 Å². The summed E-state index contributed by atoms with van der Waals surface area (Å²) in [5.41, 5.74) is 5.07. The minimum Gasteiger partial charge on any atom is -0.495 e. The van der Waals surface area contributed by atoms with Gasteiger partial charge in [0.25, 0.3) is 0 Å². The Morgan fingerprint density at radius 3 is 1.80 bits per heavy atom. The molecule has 0 aromatic heterocycles. The third-order valence-electron chi connectivity index (χ3n) is 8.54. The summed E-state index contributed by atoms with van der Waals surface area (Å²) in [5, 5.41) is 10.4. The number of guanidine groups is 1. The van der Waals surface area contributed by atoms with E-state index in [9.17, 15) is 9.00 Å². The Hall–Kier alpha value is -5.35. The Bertz CT molecular complexity index is 1650. The zero-order chi connectivity index (χ0) is 39.7. The van der Waals surface area contributed by atoms with E-state index < -0.39 is 11.3 Å². The molecule has 1 unspecified atom stereocenters. The van der Waals surface area contributed by atoms with Gasteiger partial charge in [-0.1, -0.05) is 49.4 Å². The molecule has 15 nitrogen and oxygen atoms in total. The number of hydrazone groups is 2. The molecule has 3 N–H and O–H groups in total. The number of nitrogens with zero attached hydrogens (tertiary/aromatic N) is 7. The molecule has 55 heavy (non-hydrogen) atoms. The summed E-state index contributed by atoms with van der Waals surface area (Å²) in [5.74, 6) is 3.34. The molecule has 0 saturated carbocycles. The second kappa shape index (κ2) is 25.6. The molecule has 2 fully saturated rings. The molecule has 1 atom stereocenters. The van der Waals surface area contributed by atoms with E-state index in [-0.39, 0.29) is 5.91 Å². The topological polar surface area (TPSA) is 148 Å². The molecule has 0 spiro atoms. The number of aliphatic imine (C=N–C) groups is 1. The molecule has 6 rings (SSSR count). The van der Waals surface area contributed by atoms with Crippen molar-refractivity contribution in [1.29, 1.82) is 0 Å². The third kappa shape index (κ3) is 15.9. The number of amides is 1. The van der Waals surface area contributed by atoms with Crippen LogP contribution in [0.4, 0.5) is 11.4 Å². The first-order chi connectivity index (χ1) is 26.8. The number of nitrogens with one attached hydrogen (secondary N) is 3. The monoisotopic (exact) mass is 778 g/mol. The second-order valence-corrected chi connectivity index (χ2v) is 12.8. The van der Waals surface area contributed by atoms with Crippen LogP contribution < -0.4 is 39.0 Å². The number of piperazine rings is 2. The molecule has 2 saturated heterocycles. The standard InChI is InChI=1S/C13H18N2O2.C13H20N2O.C8H10N2O2S.C5H10N4/c1-11(16)14-7-9-15(10-8-14)12-5-3-4-6-13(12)17-2;1-3-14-8-10-15(11-9-14)12-6-4-5-7-13(12)16-2;1-2-9-10-13(11)12-8-6-4-3-5-7-8;1-2-8-9-5-6-3-4-7-5/h3-6H,7-10H2,1-2H3;4-7H,3,8-11H2,1-2H3;2-7,10H,1H3;2H,3-4H2,1H3,(H2,6,7,9)/b;;9-2-;. The lowest BCUT2D eigenvalue weighted by Gasteiger charge is -2.36. The highest BCUT2D eigenvalue weighted by Gasteiger charge is 2.21. The van der Waals surface area contributed by atoms with Crippen LogP contribution in [0.5, 0.6) is 17.2 Å². The first-order valence-corrected chi connectivity index (χ1v) is 19.5. The fourth-order valence-electron chi connectivity index (χ4n) is 5.63. The minimum absolute atomic E-state index is 0.157. The number of anilines is 2. The number of carbonyl (C=O) groups is 1. The highest BCUT2D eigenvalue weighted by Crippen LogP contribution is 2.29. The molecular weight excluding hydrogens is 721 g/mol. The largest absolute Gasteiger partial charge is 0.495 e. The van der Waals surface area contributed by atoms with E-state index in [1.165, 1.54) is 11.9 Å². The van der Waals surface area contributed by atoms with Crippen LogP contribution >= 0.6 is 0 Å². The Balaban J connectivity index is 0.000000202. The van der Waals surface area contributed by atoms with Gasteiger partial charge < -0.3 is 38.6 Å². The van der Waals surface area contributed by atoms with Gasteiger partial charge in [0.2, 0.25) is 11.9 Å². The number of likely N-dealkylation sites (N-methyl/N-ethyl adjacent to an activating group) is 1. The van der Waals surface area contributed by atoms with Crippen molar-refractivity contribution in [3.05, 3.63) is 78.9 Å². The molecule has 300 valence electrons. The average Bonchev–Trinajstić information content (AvgIpc) is 3.77. The molecule has 0 bridgehead atoms. The Labute approximate surface area is 329 Å². The summed E-state index contributed by atoms with van der Waals surface area (Å²) >= 11 is -1.62. The Kier molecular flexibility index (Phi) is 20.5. The molecular formula is C39H58N10O5S. The maximum Gasteiger partial charge on any atom is 0.332 e. The number of hydrogen-bond donors (Lipinski definition) is 3. The van der Waals surface area contributed by atoms with E-state index >= 15 is 0 Å². The fourth-order valence-corrected chi connectivity index (χ4v) is 6.14. The quantitative estimate of drug-likeness (QED) is 0.204. The number of carbonyl (C=O) groups excluding carboxylic acids is 1. The van der Waals surface area contributed by atoms with Gasteiger partial charge in [0, 0.05) is 78.3 Å². The van der Waals surface area contributed by atoms with Crippen LogP contribution in [0.15, 0.2) is 94.1 Å². The van der Waals surface area contributed by atoms with Crippen LogP contribution in [0.3, 0.4) is 0 Å². The lowest BCUT2D eigenvalue weighted by atomic mass is 10.2. The first-order valence-electron chi connectivity index (χ1n) is 18.5. The van der Waals surface area contributed by atoms with Crippen molar-refractivity contribution in [2.75, 3.05) is 96.0 Å². The van der Waals surface area contributed by atoms with E-state index in [2.05, 4.69) is 70.6 Å². The van der Waals surface area contributed by atoms with Crippen LogP contribution in [0.1, 0.15) is 27.7 Å². The highest BCUT2D eigenvalue weighted by atomic mass is 32.2. The molecule has 3 aromatic rings. The van der Waals surface area contributed by atoms with E-state index in [1.54, 1.807) is 58.5 Å². The van der Waals surface area contributed by atoms with Crippen molar-refractivity contribution < 1.29 is 22.7 Å². The lowest BCUT2D eigenvalue weighted by Crippen LogP contribution is -2.48. The lowest BCUT2D eigenvalue weighted by molar-refractivity contribution is -0.129. The molecule has 3 aliphatic rings. The van der Waals surface area contributed by atoms with Crippen molar-refractivity contribution in [2.45, 2.75) is 27.7 Å². The van der Waals surface area contributed by atoms with E-state index in [0.717, 1.165) is 95.1 Å². The summed E-state index contributed by atoms with van der Waals surface area (Å²) in [6.45, 7) is 18.1.